The number of benzene rings is 1. The van der Waals surface area contributed by atoms with Gasteiger partial charge < -0.3 is 5.32 Å². The van der Waals surface area contributed by atoms with Crippen LogP contribution in [0.3, 0.4) is 0 Å². The summed E-state index contributed by atoms with van der Waals surface area (Å²) in [6.45, 7) is 4.08. The topological polar surface area (TPSA) is 98.0 Å². The molecule has 1 aliphatic carbocycles. The predicted octanol–water partition coefficient (Wildman–Crippen LogP) is 4.76. The fraction of sp³-hybridized carbons (Fsp3) is 0.350. The number of rotatable bonds is 5. The fourth-order valence-electron chi connectivity index (χ4n) is 3.53. The Morgan fingerprint density at radius 3 is 3.03 bits per heavy atom. The summed E-state index contributed by atoms with van der Waals surface area (Å²) in [6, 6.07) is 4.45. The molecule has 150 valence electrons. The molecule has 0 saturated heterocycles. The first-order valence-electron chi connectivity index (χ1n) is 9.35. The molecule has 7 nitrogen and oxygen atoms in total. The molecule has 0 fully saturated rings. The quantitative estimate of drug-likeness (QED) is 0.272. The van der Waals surface area contributed by atoms with Crippen molar-refractivity contribution < 1.29 is 9.72 Å². The van der Waals surface area contributed by atoms with Crippen molar-refractivity contribution in [1.29, 1.82) is 0 Å². The van der Waals surface area contributed by atoms with Gasteiger partial charge in [0.05, 0.1) is 16.4 Å². The number of aryl methyl sites for hydroxylation is 2. The van der Waals surface area contributed by atoms with Crippen molar-refractivity contribution >= 4 is 50.6 Å². The van der Waals surface area contributed by atoms with Gasteiger partial charge in [-0.1, -0.05) is 24.8 Å². The molecular weight excluding hydrogens is 408 g/mol. The highest BCUT2D eigenvalue weighted by Crippen LogP contribution is 2.40. The van der Waals surface area contributed by atoms with Crippen LogP contribution in [0.15, 0.2) is 29.6 Å². The molecule has 0 saturated carbocycles. The zero-order chi connectivity index (χ0) is 20.5. The molecule has 0 spiro atoms. The number of fused-ring (bicyclic) bond motifs is 3. The van der Waals surface area contributed by atoms with Crippen molar-refractivity contribution in [3.05, 3.63) is 50.6 Å². The number of anilines is 1. The van der Waals surface area contributed by atoms with E-state index in [-0.39, 0.29) is 17.3 Å². The second-order valence-electron chi connectivity index (χ2n) is 7.30. The molecule has 1 atom stereocenters. The Labute approximate surface area is 176 Å². The van der Waals surface area contributed by atoms with E-state index < -0.39 is 4.92 Å². The largest absolute Gasteiger partial charge is 0.325 e. The van der Waals surface area contributed by atoms with Gasteiger partial charge in [-0.25, -0.2) is 9.97 Å². The highest BCUT2D eigenvalue weighted by atomic mass is 32.2. The molecule has 3 aromatic rings. The van der Waals surface area contributed by atoms with E-state index in [1.54, 1.807) is 30.7 Å². The predicted molar refractivity (Wildman–Crippen MR) is 116 cm³/mol. The minimum atomic E-state index is -0.470. The Morgan fingerprint density at radius 2 is 2.24 bits per heavy atom. The molecule has 2 heterocycles. The highest BCUT2D eigenvalue weighted by Gasteiger charge is 2.23. The van der Waals surface area contributed by atoms with Crippen LogP contribution in [-0.2, 0) is 17.6 Å². The van der Waals surface area contributed by atoms with Crippen LogP contribution in [-0.4, -0.2) is 26.6 Å². The number of hydrogen-bond donors (Lipinski definition) is 1. The van der Waals surface area contributed by atoms with Crippen LogP contribution < -0.4 is 5.32 Å². The number of carbonyl (C=O) groups excluding carboxylic acids is 1. The van der Waals surface area contributed by atoms with Crippen molar-refractivity contribution in [2.45, 2.75) is 38.1 Å². The maximum atomic E-state index is 12.5. The monoisotopic (exact) mass is 428 g/mol. The lowest BCUT2D eigenvalue weighted by Gasteiger charge is -2.18. The maximum Gasteiger partial charge on any atom is 0.271 e. The van der Waals surface area contributed by atoms with Crippen LogP contribution in [0.2, 0.25) is 0 Å². The smallest absolute Gasteiger partial charge is 0.271 e. The molecule has 1 aliphatic rings. The molecule has 1 N–H and O–H groups in total. The summed E-state index contributed by atoms with van der Waals surface area (Å²) >= 11 is 3.11. The summed E-state index contributed by atoms with van der Waals surface area (Å²) in [5, 5.41) is 15.7. The number of nitro groups is 1. The Morgan fingerprint density at radius 1 is 1.41 bits per heavy atom. The number of non-ortho nitro benzene ring substituents is 1. The molecule has 0 radical (unpaired) electrons. The lowest BCUT2D eigenvalue weighted by Crippen LogP contribution is -2.15. The number of hydrogen-bond acceptors (Lipinski definition) is 7. The van der Waals surface area contributed by atoms with E-state index >= 15 is 0 Å². The number of nitrogens with one attached hydrogen (secondary N) is 1. The standard InChI is InChI=1S/C20H20N4O3S2/c1-11-3-6-14-16(7-11)29-20-18(14)19(21-10-22-20)28-9-17(25)23-15-8-13(24(26)27)5-4-12(15)2/h4-5,8,10-11H,3,6-7,9H2,1-2H3,(H,23,25). The number of thiophene rings is 1. The van der Waals surface area contributed by atoms with Crippen LogP contribution >= 0.6 is 23.1 Å². The van der Waals surface area contributed by atoms with E-state index in [2.05, 4.69) is 22.2 Å². The Bertz CT molecular complexity index is 1110. The third kappa shape index (κ3) is 4.11. The average molecular weight is 429 g/mol. The average Bonchev–Trinajstić information content (AvgIpc) is 3.05. The van der Waals surface area contributed by atoms with E-state index in [4.69, 9.17) is 0 Å². The van der Waals surface area contributed by atoms with E-state index in [1.165, 1.54) is 34.3 Å². The summed E-state index contributed by atoms with van der Waals surface area (Å²) in [5.41, 5.74) is 2.52. The van der Waals surface area contributed by atoms with Gasteiger partial charge in [0.2, 0.25) is 5.91 Å². The van der Waals surface area contributed by atoms with Crippen LogP contribution in [0.5, 0.6) is 0 Å². The van der Waals surface area contributed by atoms with Gasteiger partial charge in [0.15, 0.2) is 0 Å². The zero-order valence-corrected chi connectivity index (χ0v) is 17.7. The minimum Gasteiger partial charge on any atom is -0.325 e. The number of nitrogens with zero attached hydrogens (tertiary/aromatic N) is 3. The van der Waals surface area contributed by atoms with Crippen molar-refractivity contribution in [3.8, 4) is 0 Å². The van der Waals surface area contributed by atoms with E-state index in [0.29, 0.717) is 11.6 Å². The van der Waals surface area contributed by atoms with Crippen molar-refractivity contribution in [2.24, 2.45) is 5.92 Å². The normalized spacial score (nSPS) is 15.9. The molecule has 0 bridgehead atoms. The second-order valence-corrected chi connectivity index (χ2v) is 9.35. The van der Waals surface area contributed by atoms with Gasteiger partial charge >= 0.3 is 0 Å². The summed E-state index contributed by atoms with van der Waals surface area (Å²) in [6.07, 6.45) is 4.81. The van der Waals surface area contributed by atoms with Crippen LogP contribution in [0.25, 0.3) is 10.2 Å². The molecule has 4 rings (SSSR count). The fourth-order valence-corrected chi connectivity index (χ4v) is 5.77. The SMILES string of the molecule is Cc1ccc([N+](=O)[O-])cc1NC(=O)CSc1ncnc2sc3c(c12)CCC(C)C3. The molecule has 29 heavy (non-hydrogen) atoms. The lowest BCUT2D eigenvalue weighted by atomic mass is 9.89. The van der Waals surface area contributed by atoms with Crippen LogP contribution in [0, 0.1) is 23.0 Å². The molecule has 9 heteroatoms. The number of amides is 1. The zero-order valence-electron chi connectivity index (χ0n) is 16.1. The van der Waals surface area contributed by atoms with Gasteiger partial charge in [-0.3, -0.25) is 14.9 Å². The number of carbonyl (C=O) groups is 1. The van der Waals surface area contributed by atoms with Gasteiger partial charge in [0, 0.05) is 22.4 Å². The maximum absolute atomic E-state index is 12.5. The first kappa shape index (κ1) is 19.8. The van der Waals surface area contributed by atoms with Gasteiger partial charge in [0.25, 0.3) is 5.69 Å². The third-order valence-electron chi connectivity index (χ3n) is 5.10. The van der Waals surface area contributed by atoms with Gasteiger partial charge in [-0.2, -0.15) is 0 Å². The molecule has 2 aromatic heterocycles. The van der Waals surface area contributed by atoms with Crippen LogP contribution in [0.4, 0.5) is 11.4 Å². The van der Waals surface area contributed by atoms with Crippen molar-refractivity contribution in [3.63, 3.8) is 0 Å². The third-order valence-corrected chi connectivity index (χ3v) is 7.25. The molecule has 1 amide bonds. The summed E-state index contributed by atoms with van der Waals surface area (Å²) in [4.78, 5) is 34.2. The number of nitro benzene ring substituents is 1. The number of aromatic nitrogens is 2. The van der Waals surface area contributed by atoms with Gasteiger partial charge in [0.1, 0.15) is 16.2 Å². The Balaban J connectivity index is 1.51. The minimum absolute atomic E-state index is 0.0461. The van der Waals surface area contributed by atoms with Crippen molar-refractivity contribution in [2.75, 3.05) is 11.1 Å². The number of thioether (sulfide) groups is 1. The van der Waals surface area contributed by atoms with E-state index in [1.807, 2.05) is 0 Å². The summed E-state index contributed by atoms with van der Waals surface area (Å²) in [7, 11) is 0. The first-order valence-corrected chi connectivity index (χ1v) is 11.2. The highest BCUT2D eigenvalue weighted by molar-refractivity contribution is 8.00. The van der Waals surface area contributed by atoms with E-state index in [0.717, 1.165) is 40.1 Å². The first-order chi connectivity index (χ1) is 13.9. The molecular formula is C20H20N4O3S2. The van der Waals surface area contributed by atoms with Gasteiger partial charge in [-0.05, 0) is 43.2 Å². The van der Waals surface area contributed by atoms with E-state index in [9.17, 15) is 14.9 Å². The summed E-state index contributed by atoms with van der Waals surface area (Å²) in [5.74, 6) is 0.640. The van der Waals surface area contributed by atoms with Crippen LogP contribution in [0.1, 0.15) is 29.3 Å². The second kappa shape index (κ2) is 8.08. The van der Waals surface area contributed by atoms with Gasteiger partial charge in [-0.15, -0.1) is 11.3 Å². The molecule has 0 aliphatic heterocycles. The lowest BCUT2D eigenvalue weighted by molar-refractivity contribution is -0.384. The van der Waals surface area contributed by atoms with Crippen molar-refractivity contribution in [1.82, 2.24) is 9.97 Å². The Hall–Kier alpha value is -2.52. The Kier molecular flexibility index (Phi) is 5.51. The summed E-state index contributed by atoms with van der Waals surface area (Å²) < 4.78 is 0. The molecule has 1 aromatic carbocycles. The molecule has 1 unspecified atom stereocenters.